The molecular weight excluding hydrogens is 436 g/mol. The van der Waals surface area contributed by atoms with Crippen molar-refractivity contribution < 1.29 is 0 Å². The van der Waals surface area contributed by atoms with E-state index >= 15 is 0 Å². The van der Waals surface area contributed by atoms with Crippen LogP contribution in [0.25, 0.3) is 21.8 Å². The van der Waals surface area contributed by atoms with Crippen molar-refractivity contribution in [3.8, 4) is 21.8 Å². The van der Waals surface area contributed by atoms with Crippen LogP contribution in [-0.2, 0) is 0 Å². The highest BCUT2D eigenvalue weighted by molar-refractivity contribution is 7.19. The van der Waals surface area contributed by atoms with Crippen LogP contribution in [-0.4, -0.2) is 53.3 Å². The fraction of sp³-hybridized carbons (Fsp3) is 0.241. The molecule has 5 heteroatoms. The molecular formula is C29H30N4S. The van der Waals surface area contributed by atoms with Gasteiger partial charge in [0.2, 0.25) is 0 Å². The van der Waals surface area contributed by atoms with Crippen molar-refractivity contribution in [2.45, 2.75) is 13.8 Å². The first-order valence-corrected chi connectivity index (χ1v) is 12.8. The molecule has 0 bridgehead atoms. The topological polar surface area (TPSA) is 31.7 Å². The predicted molar refractivity (Wildman–Crippen MR) is 144 cm³/mol. The third-order valence-corrected chi connectivity index (χ3v) is 7.31. The molecule has 0 radical (unpaired) electrons. The van der Waals surface area contributed by atoms with Gasteiger partial charge in [-0.05, 0) is 13.5 Å². The number of likely N-dealkylation sites (N-methyl/N-ethyl adjacent to an activating group) is 1. The number of nitrogens with zero attached hydrogens (tertiary/aromatic N) is 4. The molecule has 0 saturated carbocycles. The molecule has 0 atom stereocenters. The van der Waals surface area contributed by atoms with Crippen molar-refractivity contribution in [1.82, 2.24) is 14.8 Å². The molecule has 3 aromatic carbocycles. The van der Waals surface area contributed by atoms with Crippen molar-refractivity contribution in [3.63, 3.8) is 0 Å². The number of rotatable bonds is 5. The van der Waals surface area contributed by atoms with Gasteiger partial charge in [-0.15, -0.1) is 0 Å². The Labute approximate surface area is 206 Å². The summed E-state index contributed by atoms with van der Waals surface area (Å²) >= 11 is 1.67. The van der Waals surface area contributed by atoms with Gasteiger partial charge in [0.15, 0.2) is 0 Å². The van der Waals surface area contributed by atoms with Crippen LogP contribution in [0.5, 0.6) is 0 Å². The fourth-order valence-corrected chi connectivity index (χ4v) is 5.23. The summed E-state index contributed by atoms with van der Waals surface area (Å²) in [5.74, 6) is 1.04. The first-order valence-electron chi connectivity index (χ1n) is 12.0. The summed E-state index contributed by atoms with van der Waals surface area (Å²) in [6, 6.07) is 29.6. The van der Waals surface area contributed by atoms with Crippen LogP contribution in [0.15, 0.2) is 89.9 Å². The number of aromatic nitrogens is 1. The summed E-state index contributed by atoms with van der Waals surface area (Å²) in [6.45, 7) is 9.54. The van der Waals surface area contributed by atoms with Gasteiger partial charge < -0.3 is 9.80 Å². The lowest BCUT2D eigenvalue weighted by molar-refractivity contribution is 0.190. The van der Waals surface area contributed by atoms with Crippen LogP contribution in [0, 0.1) is 6.92 Å². The summed E-state index contributed by atoms with van der Waals surface area (Å²) in [7, 11) is 0. The maximum absolute atomic E-state index is 5.34. The molecule has 172 valence electrons. The standard InChI is InChI=1S/C29H30N4S/c1-3-32-18-20-33(21-19-32)27(24-16-14-22(2)15-17-24)31-29-26(23-10-6-4-7-11-23)30-28(34-29)25-12-8-5-9-13-25/h4-17H,3,18-21H2,1-2H3/b31-27-. The molecule has 0 unspecified atom stereocenters. The summed E-state index contributed by atoms with van der Waals surface area (Å²) in [4.78, 5) is 15.3. The third kappa shape index (κ3) is 4.96. The molecule has 0 N–H and O–H groups in total. The minimum absolute atomic E-state index is 0.946. The molecule has 0 amide bonds. The highest BCUT2D eigenvalue weighted by atomic mass is 32.1. The second-order valence-electron chi connectivity index (χ2n) is 8.63. The van der Waals surface area contributed by atoms with Crippen molar-refractivity contribution in [1.29, 1.82) is 0 Å². The van der Waals surface area contributed by atoms with Gasteiger partial charge in [-0.1, -0.05) is 109 Å². The van der Waals surface area contributed by atoms with Gasteiger partial charge in [-0.3, -0.25) is 0 Å². The zero-order valence-electron chi connectivity index (χ0n) is 19.8. The number of hydrogen-bond donors (Lipinski definition) is 0. The molecule has 34 heavy (non-hydrogen) atoms. The quantitative estimate of drug-likeness (QED) is 0.248. The lowest BCUT2D eigenvalue weighted by atomic mass is 10.1. The van der Waals surface area contributed by atoms with Gasteiger partial charge in [0.1, 0.15) is 21.5 Å². The van der Waals surface area contributed by atoms with Crippen LogP contribution in [0.3, 0.4) is 0 Å². The maximum Gasteiger partial charge on any atom is 0.146 e. The van der Waals surface area contributed by atoms with Crippen molar-refractivity contribution in [2.24, 2.45) is 4.99 Å². The van der Waals surface area contributed by atoms with E-state index in [2.05, 4.69) is 96.4 Å². The second-order valence-corrected chi connectivity index (χ2v) is 9.61. The average Bonchev–Trinajstić information content (AvgIpc) is 3.33. The van der Waals surface area contributed by atoms with E-state index in [0.29, 0.717) is 0 Å². The number of aryl methyl sites for hydroxylation is 1. The van der Waals surface area contributed by atoms with E-state index in [-0.39, 0.29) is 0 Å². The van der Waals surface area contributed by atoms with Crippen LogP contribution in [0.1, 0.15) is 18.1 Å². The molecule has 5 rings (SSSR count). The molecule has 0 spiro atoms. The fourth-order valence-electron chi connectivity index (χ4n) is 4.27. The first kappa shape index (κ1) is 22.5. The highest BCUT2D eigenvalue weighted by Gasteiger charge is 2.22. The summed E-state index contributed by atoms with van der Waals surface area (Å²) in [5.41, 5.74) is 5.58. The van der Waals surface area contributed by atoms with Gasteiger partial charge in [0, 0.05) is 42.9 Å². The SMILES string of the molecule is CCN1CCN(/C(=N\c2sc(-c3ccccc3)nc2-c2ccccc2)c2ccc(C)cc2)CC1. The predicted octanol–water partition coefficient (Wildman–Crippen LogP) is 6.50. The minimum Gasteiger partial charge on any atom is -0.354 e. The molecule has 4 aromatic rings. The molecule has 0 aliphatic carbocycles. The van der Waals surface area contributed by atoms with Crippen molar-refractivity contribution >= 4 is 22.2 Å². The third-order valence-electron chi connectivity index (χ3n) is 6.31. The Morgan fingerprint density at radius 3 is 2.06 bits per heavy atom. The Morgan fingerprint density at radius 1 is 0.824 bits per heavy atom. The first-order chi connectivity index (χ1) is 16.7. The zero-order chi connectivity index (χ0) is 23.3. The second kappa shape index (κ2) is 10.3. The summed E-state index contributed by atoms with van der Waals surface area (Å²) in [6.07, 6.45) is 0. The highest BCUT2D eigenvalue weighted by Crippen LogP contribution is 2.40. The van der Waals surface area contributed by atoms with E-state index in [1.807, 2.05) is 12.1 Å². The number of piperazine rings is 1. The average molecular weight is 467 g/mol. The Bertz CT molecular complexity index is 1240. The molecule has 1 fully saturated rings. The summed E-state index contributed by atoms with van der Waals surface area (Å²) in [5, 5.41) is 1.95. The Morgan fingerprint density at radius 2 is 1.44 bits per heavy atom. The zero-order valence-corrected chi connectivity index (χ0v) is 20.6. The Hall–Kier alpha value is -3.28. The largest absolute Gasteiger partial charge is 0.354 e. The number of aliphatic imine (C=N–C) groups is 1. The van der Waals surface area contributed by atoms with E-state index in [1.165, 1.54) is 5.56 Å². The van der Waals surface area contributed by atoms with Crippen LogP contribution >= 0.6 is 11.3 Å². The van der Waals surface area contributed by atoms with E-state index in [4.69, 9.17) is 9.98 Å². The van der Waals surface area contributed by atoms with Crippen molar-refractivity contribution in [2.75, 3.05) is 32.7 Å². The van der Waals surface area contributed by atoms with Gasteiger partial charge in [0.05, 0.1) is 0 Å². The number of thiazole rings is 1. The lowest BCUT2D eigenvalue weighted by Gasteiger charge is -2.36. The van der Waals surface area contributed by atoms with Crippen LogP contribution in [0.4, 0.5) is 5.00 Å². The van der Waals surface area contributed by atoms with Gasteiger partial charge in [0.25, 0.3) is 0 Å². The molecule has 4 nitrogen and oxygen atoms in total. The van der Waals surface area contributed by atoms with E-state index in [9.17, 15) is 0 Å². The van der Waals surface area contributed by atoms with Gasteiger partial charge >= 0.3 is 0 Å². The van der Waals surface area contributed by atoms with Crippen LogP contribution in [0.2, 0.25) is 0 Å². The minimum atomic E-state index is 0.946. The number of amidine groups is 1. The number of hydrogen-bond acceptors (Lipinski definition) is 4. The van der Waals surface area contributed by atoms with Gasteiger partial charge in [-0.2, -0.15) is 0 Å². The molecule has 1 saturated heterocycles. The Kier molecular flexibility index (Phi) is 6.84. The van der Waals surface area contributed by atoms with E-state index in [1.54, 1.807) is 11.3 Å². The molecule has 1 aromatic heterocycles. The number of benzene rings is 3. The molecule has 1 aliphatic rings. The molecule has 2 heterocycles. The lowest BCUT2D eigenvalue weighted by Crippen LogP contribution is -2.48. The summed E-state index contributed by atoms with van der Waals surface area (Å²) < 4.78 is 0. The monoisotopic (exact) mass is 466 g/mol. The normalized spacial score (nSPS) is 15.0. The van der Waals surface area contributed by atoms with Crippen molar-refractivity contribution in [3.05, 3.63) is 96.1 Å². The van der Waals surface area contributed by atoms with Crippen LogP contribution < -0.4 is 0 Å². The smallest absolute Gasteiger partial charge is 0.146 e. The van der Waals surface area contributed by atoms with Gasteiger partial charge in [-0.25, -0.2) is 9.98 Å². The maximum atomic E-state index is 5.34. The van der Waals surface area contributed by atoms with E-state index in [0.717, 1.165) is 71.0 Å². The Balaban J connectivity index is 1.62. The molecule has 1 aliphatic heterocycles. The van der Waals surface area contributed by atoms with E-state index < -0.39 is 0 Å².